The van der Waals surface area contributed by atoms with Gasteiger partial charge in [-0.2, -0.15) is 0 Å². The number of esters is 2. The van der Waals surface area contributed by atoms with Crippen molar-refractivity contribution in [2.45, 2.75) is 13.0 Å². The molecule has 0 saturated carbocycles. The van der Waals surface area contributed by atoms with Crippen molar-refractivity contribution in [2.24, 2.45) is 4.99 Å². The predicted molar refractivity (Wildman–Crippen MR) is 151 cm³/mol. The van der Waals surface area contributed by atoms with Crippen molar-refractivity contribution in [2.75, 3.05) is 6.61 Å². The number of ether oxygens (including phenoxy) is 2. The number of furan rings is 1. The van der Waals surface area contributed by atoms with E-state index in [1.165, 1.54) is 34.3 Å². The fourth-order valence-electron chi connectivity index (χ4n) is 4.21. The molecule has 2 aromatic carbocycles. The molecule has 1 aliphatic heterocycles. The van der Waals surface area contributed by atoms with Gasteiger partial charge in [0.15, 0.2) is 4.80 Å². The van der Waals surface area contributed by atoms with Gasteiger partial charge in [0.1, 0.15) is 12.4 Å². The SMILES string of the molecule is C=CCOC(=O)C1=C(C)N=c2s/c(=C\C=C\c3ccccc3)c(=O)n2[C@@H]1c1ccc(OC(=O)c2ccco2)cc1. The number of allylic oxidation sites excluding steroid dienone is 2. The van der Waals surface area contributed by atoms with Crippen LogP contribution in [0.25, 0.3) is 12.2 Å². The van der Waals surface area contributed by atoms with Crippen molar-refractivity contribution in [3.05, 3.63) is 140 Å². The minimum atomic E-state index is -0.802. The Morgan fingerprint density at radius 1 is 1.07 bits per heavy atom. The second kappa shape index (κ2) is 11.8. The van der Waals surface area contributed by atoms with E-state index < -0.39 is 18.0 Å². The van der Waals surface area contributed by atoms with Crippen molar-refractivity contribution in [3.8, 4) is 5.75 Å². The van der Waals surface area contributed by atoms with E-state index in [-0.39, 0.29) is 29.2 Å². The van der Waals surface area contributed by atoms with E-state index in [1.807, 2.05) is 42.5 Å². The molecule has 200 valence electrons. The molecule has 0 amide bonds. The second-order valence-corrected chi connectivity index (χ2v) is 9.71. The average Bonchev–Trinajstić information content (AvgIpc) is 3.61. The predicted octanol–water partition coefficient (Wildman–Crippen LogP) is 4.44. The average molecular weight is 553 g/mol. The van der Waals surface area contributed by atoms with Crippen LogP contribution in [-0.4, -0.2) is 23.1 Å². The van der Waals surface area contributed by atoms with Crippen LogP contribution in [0.3, 0.4) is 0 Å². The number of carbonyl (C=O) groups excluding carboxylic acids is 2. The fourth-order valence-corrected chi connectivity index (χ4v) is 5.20. The Balaban J connectivity index is 1.54. The van der Waals surface area contributed by atoms with Gasteiger partial charge in [0, 0.05) is 0 Å². The Morgan fingerprint density at radius 3 is 2.55 bits per heavy atom. The van der Waals surface area contributed by atoms with Crippen LogP contribution in [0.1, 0.15) is 34.6 Å². The Labute approximate surface area is 233 Å². The number of benzene rings is 2. The lowest BCUT2D eigenvalue weighted by Gasteiger charge is -2.24. The molecule has 0 N–H and O–H groups in total. The van der Waals surface area contributed by atoms with E-state index in [0.717, 1.165) is 5.56 Å². The first-order valence-corrected chi connectivity index (χ1v) is 13.2. The summed E-state index contributed by atoms with van der Waals surface area (Å²) in [5.41, 5.74) is 2.01. The Kier molecular flexibility index (Phi) is 7.84. The summed E-state index contributed by atoms with van der Waals surface area (Å²) < 4.78 is 17.8. The van der Waals surface area contributed by atoms with Crippen LogP contribution >= 0.6 is 11.3 Å². The molecule has 0 bridgehead atoms. The van der Waals surface area contributed by atoms with E-state index in [4.69, 9.17) is 13.9 Å². The number of nitrogens with zero attached hydrogens (tertiary/aromatic N) is 2. The molecule has 0 aliphatic carbocycles. The van der Waals surface area contributed by atoms with E-state index in [1.54, 1.807) is 43.3 Å². The highest BCUT2D eigenvalue weighted by molar-refractivity contribution is 7.07. The third kappa shape index (κ3) is 5.55. The fraction of sp³-hybridized carbons (Fsp3) is 0.0968. The van der Waals surface area contributed by atoms with E-state index in [9.17, 15) is 14.4 Å². The van der Waals surface area contributed by atoms with Crippen molar-refractivity contribution in [1.29, 1.82) is 0 Å². The van der Waals surface area contributed by atoms with Crippen molar-refractivity contribution in [3.63, 3.8) is 0 Å². The van der Waals surface area contributed by atoms with Gasteiger partial charge in [-0.25, -0.2) is 14.6 Å². The quantitative estimate of drug-likeness (QED) is 0.182. The third-order valence-electron chi connectivity index (χ3n) is 6.04. The molecule has 3 heterocycles. The summed E-state index contributed by atoms with van der Waals surface area (Å²) >= 11 is 1.24. The number of hydrogen-bond acceptors (Lipinski definition) is 8. The smallest absolute Gasteiger partial charge is 0.379 e. The van der Waals surface area contributed by atoms with Crippen LogP contribution < -0.4 is 19.6 Å². The maximum atomic E-state index is 13.6. The minimum absolute atomic E-state index is 0.0126. The number of rotatable bonds is 8. The molecule has 0 saturated heterocycles. The van der Waals surface area contributed by atoms with Crippen LogP contribution in [0.15, 0.2) is 117 Å². The van der Waals surface area contributed by atoms with Crippen molar-refractivity contribution >= 4 is 35.4 Å². The Bertz CT molecular complexity index is 1790. The summed E-state index contributed by atoms with van der Waals surface area (Å²) in [4.78, 5) is 44.1. The van der Waals surface area contributed by atoms with Crippen LogP contribution in [0.5, 0.6) is 5.75 Å². The zero-order valence-electron chi connectivity index (χ0n) is 21.5. The van der Waals surface area contributed by atoms with Crippen LogP contribution in [-0.2, 0) is 9.53 Å². The summed E-state index contributed by atoms with van der Waals surface area (Å²) in [6, 6.07) is 18.6. The van der Waals surface area contributed by atoms with Crippen LogP contribution in [0.2, 0.25) is 0 Å². The molecule has 4 aromatic rings. The number of fused-ring (bicyclic) bond motifs is 1. The molecule has 0 spiro atoms. The first-order chi connectivity index (χ1) is 19.5. The maximum Gasteiger partial charge on any atom is 0.379 e. The van der Waals surface area contributed by atoms with Gasteiger partial charge in [-0.3, -0.25) is 9.36 Å². The number of hydrogen-bond donors (Lipinski definition) is 0. The molecule has 0 radical (unpaired) electrons. The molecule has 40 heavy (non-hydrogen) atoms. The molecule has 0 fully saturated rings. The summed E-state index contributed by atoms with van der Waals surface area (Å²) in [5, 5.41) is 0. The number of aromatic nitrogens is 1. The van der Waals surface area contributed by atoms with Gasteiger partial charge in [0.2, 0.25) is 5.76 Å². The highest BCUT2D eigenvalue weighted by Gasteiger charge is 2.33. The molecule has 2 aromatic heterocycles. The second-order valence-electron chi connectivity index (χ2n) is 8.70. The van der Waals surface area contributed by atoms with Crippen LogP contribution in [0.4, 0.5) is 0 Å². The zero-order valence-corrected chi connectivity index (χ0v) is 22.3. The van der Waals surface area contributed by atoms with Crippen molar-refractivity contribution < 1.29 is 23.5 Å². The lowest BCUT2D eigenvalue weighted by molar-refractivity contribution is -0.138. The summed E-state index contributed by atoms with van der Waals surface area (Å²) in [7, 11) is 0. The van der Waals surface area contributed by atoms with Crippen LogP contribution in [0, 0.1) is 0 Å². The zero-order chi connectivity index (χ0) is 28.1. The summed E-state index contributed by atoms with van der Waals surface area (Å²) in [6.07, 6.45) is 8.31. The largest absolute Gasteiger partial charge is 0.458 e. The monoisotopic (exact) mass is 552 g/mol. The topological polar surface area (TPSA) is 100 Å². The molecular formula is C31H24N2O6S. The van der Waals surface area contributed by atoms with Gasteiger partial charge in [0.25, 0.3) is 5.56 Å². The molecular weight excluding hydrogens is 528 g/mol. The first kappa shape index (κ1) is 26.6. The maximum absolute atomic E-state index is 13.6. The van der Waals surface area contributed by atoms with Gasteiger partial charge in [-0.15, -0.1) is 0 Å². The van der Waals surface area contributed by atoms with E-state index in [0.29, 0.717) is 20.6 Å². The summed E-state index contributed by atoms with van der Waals surface area (Å²) in [5.74, 6) is -0.889. The molecule has 9 heteroatoms. The lowest BCUT2D eigenvalue weighted by atomic mass is 9.96. The van der Waals surface area contributed by atoms with E-state index >= 15 is 0 Å². The number of thiazole rings is 1. The molecule has 1 aliphatic rings. The minimum Gasteiger partial charge on any atom is -0.458 e. The standard InChI is InChI=1S/C31H24N2O6S/c1-3-18-38-30(36)26-20(2)32-31-33(28(34)25(40-31)13-7-11-21-9-5-4-6-10-21)27(26)22-14-16-23(17-15-22)39-29(35)24-12-8-19-37-24/h3-17,19,27H,1,18H2,2H3/b11-7+,25-13-/t27-/m1/s1. The highest BCUT2D eigenvalue weighted by Crippen LogP contribution is 2.31. The normalized spacial score (nSPS) is 15.0. The molecule has 5 rings (SSSR count). The first-order valence-electron chi connectivity index (χ1n) is 12.3. The van der Waals surface area contributed by atoms with E-state index in [2.05, 4.69) is 11.6 Å². The van der Waals surface area contributed by atoms with Gasteiger partial charge in [-0.1, -0.05) is 78.6 Å². The Hall–Kier alpha value is -5.02. The Morgan fingerprint density at radius 2 is 1.85 bits per heavy atom. The molecule has 8 nitrogen and oxygen atoms in total. The molecule has 1 atom stereocenters. The lowest BCUT2D eigenvalue weighted by Crippen LogP contribution is -2.39. The van der Waals surface area contributed by atoms with Gasteiger partial charge in [0.05, 0.1) is 28.1 Å². The van der Waals surface area contributed by atoms with Gasteiger partial charge in [-0.05, 0) is 48.4 Å². The van der Waals surface area contributed by atoms with Gasteiger partial charge < -0.3 is 13.9 Å². The highest BCUT2D eigenvalue weighted by atomic mass is 32.1. The third-order valence-corrected chi connectivity index (χ3v) is 7.04. The molecule has 0 unspecified atom stereocenters. The summed E-state index contributed by atoms with van der Waals surface area (Å²) in [6.45, 7) is 5.32. The number of carbonyl (C=O) groups is 2. The van der Waals surface area contributed by atoms with Crippen molar-refractivity contribution in [1.82, 2.24) is 4.57 Å². The van der Waals surface area contributed by atoms with Gasteiger partial charge >= 0.3 is 11.9 Å².